The van der Waals surface area contributed by atoms with E-state index < -0.39 is 0 Å². The topological polar surface area (TPSA) is 25.8 Å². The van der Waals surface area contributed by atoms with Crippen LogP contribution in [0, 0.1) is 12.8 Å². The molecule has 0 atom stereocenters. The molecule has 3 rings (SSSR count). The number of benzene rings is 1. The standard InChI is InChI=1S/C18H21N2Si/c1-13-10-19-18(20-11-13)17-8-6-16(7-9-17)15-4-2-14(12-21)3-5-15/h6-11,14-15H,2-5,12H2,1H3. The van der Waals surface area contributed by atoms with Gasteiger partial charge in [0.05, 0.1) is 0 Å². The Bertz CT molecular complexity index is 569. The number of hydrogen-bond donors (Lipinski definition) is 0. The number of aromatic nitrogens is 2. The van der Waals surface area contributed by atoms with E-state index in [4.69, 9.17) is 0 Å². The average molecular weight is 293 g/mol. The van der Waals surface area contributed by atoms with Gasteiger partial charge in [0.25, 0.3) is 0 Å². The lowest BCUT2D eigenvalue weighted by atomic mass is 9.79. The molecule has 0 saturated heterocycles. The Morgan fingerprint density at radius 1 is 1.00 bits per heavy atom. The van der Waals surface area contributed by atoms with Crippen LogP contribution < -0.4 is 0 Å². The molecule has 1 saturated carbocycles. The van der Waals surface area contributed by atoms with E-state index in [2.05, 4.69) is 44.5 Å². The molecule has 2 aromatic rings. The Kier molecular flexibility index (Phi) is 4.49. The molecule has 21 heavy (non-hydrogen) atoms. The summed E-state index contributed by atoms with van der Waals surface area (Å²) in [7, 11) is 3.66. The molecule has 1 aromatic heterocycles. The molecule has 1 aliphatic carbocycles. The van der Waals surface area contributed by atoms with Crippen molar-refractivity contribution in [2.75, 3.05) is 0 Å². The van der Waals surface area contributed by atoms with Crippen LogP contribution in [-0.4, -0.2) is 20.2 Å². The Balaban J connectivity index is 1.71. The Morgan fingerprint density at radius 3 is 2.19 bits per heavy atom. The molecular weight excluding hydrogens is 272 g/mol. The van der Waals surface area contributed by atoms with Gasteiger partial charge in [-0.1, -0.05) is 43.2 Å². The van der Waals surface area contributed by atoms with Crippen molar-refractivity contribution in [3.8, 4) is 11.4 Å². The van der Waals surface area contributed by atoms with Gasteiger partial charge in [0.15, 0.2) is 5.82 Å². The van der Waals surface area contributed by atoms with Crippen LogP contribution in [0.5, 0.6) is 0 Å². The van der Waals surface area contributed by atoms with Crippen molar-refractivity contribution in [2.45, 2.75) is 44.6 Å². The molecule has 3 heteroatoms. The van der Waals surface area contributed by atoms with Crippen molar-refractivity contribution in [3.05, 3.63) is 47.8 Å². The fourth-order valence-corrected chi connectivity index (χ4v) is 3.55. The van der Waals surface area contributed by atoms with Crippen LogP contribution in [0.25, 0.3) is 11.4 Å². The maximum Gasteiger partial charge on any atom is 0.159 e. The van der Waals surface area contributed by atoms with Crippen molar-refractivity contribution >= 4 is 10.2 Å². The first kappa shape index (κ1) is 14.5. The van der Waals surface area contributed by atoms with Crippen molar-refractivity contribution in [1.29, 1.82) is 0 Å². The van der Waals surface area contributed by atoms with Crippen LogP contribution in [0.4, 0.5) is 0 Å². The molecule has 0 unspecified atom stereocenters. The molecule has 0 bridgehead atoms. The summed E-state index contributed by atoms with van der Waals surface area (Å²) in [4.78, 5) is 8.79. The van der Waals surface area contributed by atoms with Crippen LogP contribution >= 0.6 is 0 Å². The number of rotatable bonds is 3. The molecule has 1 heterocycles. The fourth-order valence-electron chi connectivity index (χ4n) is 3.15. The average Bonchev–Trinajstić information content (AvgIpc) is 2.56. The van der Waals surface area contributed by atoms with E-state index in [9.17, 15) is 0 Å². The van der Waals surface area contributed by atoms with Gasteiger partial charge in [0.1, 0.15) is 0 Å². The van der Waals surface area contributed by atoms with Crippen molar-refractivity contribution in [2.24, 2.45) is 5.92 Å². The van der Waals surface area contributed by atoms with E-state index >= 15 is 0 Å². The Labute approximate surface area is 130 Å². The number of hydrogen-bond acceptors (Lipinski definition) is 2. The molecule has 0 N–H and O–H groups in total. The molecule has 107 valence electrons. The predicted molar refractivity (Wildman–Crippen MR) is 87.5 cm³/mol. The second-order valence-corrected chi connectivity index (χ2v) is 6.54. The molecule has 3 radical (unpaired) electrons. The smallest absolute Gasteiger partial charge is 0.159 e. The fraction of sp³-hybridized carbons (Fsp3) is 0.444. The minimum absolute atomic E-state index is 0.729. The molecule has 1 aliphatic rings. The highest BCUT2D eigenvalue weighted by molar-refractivity contribution is 6.08. The summed E-state index contributed by atoms with van der Waals surface area (Å²) in [5.74, 6) is 2.42. The summed E-state index contributed by atoms with van der Waals surface area (Å²) in [6.45, 7) is 2.01. The normalized spacial score (nSPS) is 22.2. The van der Waals surface area contributed by atoms with Gasteiger partial charge in [-0.15, -0.1) is 0 Å². The Morgan fingerprint density at radius 2 is 1.62 bits per heavy atom. The molecule has 0 amide bonds. The number of nitrogens with zero attached hydrogens (tertiary/aromatic N) is 2. The predicted octanol–water partition coefficient (Wildman–Crippen LogP) is 4.31. The van der Waals surface area contributed by atoms with Gasteiger partial charge in [-0.05, 0) is 42.7 Å². The Hall–Kier alpha value is -1.48. The largest absolute Gasteiger partial charge is 0.236 e. The van der Waals surface area contributed by atoms with Gasteiger partial charge in [-0.25, -0.2) is 9.97 Å². The second-order valence-electron chi connectivity index (χ2n) is 6.13. The first-order valence-corrected chi connectivity index (χ1v) is 8.50. The van der Waals surface area contributed by atoms with E-state index in [0.29, 0.717) is 0 Å². The van der Waals surface area contributed by atoms with E-state index in [-0.39, 0.29) is 0 Å². The molecular formula is C18H21N2Si. The summed E-state index contributed by atoms with van der Waals surface area (Å²) in [6.07, 6.45) is 9.06. The van der Waals surface area contributed by atoms with Crippen LogP contribution in [-0.2, 0) is 0 Å². The van der Waals surface area contributed by atoms with Gasteiger partial charge in [-0.3, -0.25) is 0 Å². The second kappa shape index (κ2) is 6.52. The SMILES string of the molecule is Cc1cnc(-c2ccc(C3CCC(C[Si])CC3)cc2)nc1. The minimum Gasteiger partial charge on any atom is -0.236 e. The zero-order valence-corrected chi connectivity index (χ0v) is 13.5. The first-order valence-electron chi connectivity index (χ1n) is 7.80. The molecule has 0 aliphatic heterocycles. The van der Waals surface area contributed by atoms with Crippen LogP contribution in [0.3, 0.4) is 0 Å². The van der Waals surface area contributed by atoms with Gasteiger partial charge < -0.3 is 0 Å². The van der Waals surface area contributed by atoms with E-state index in [0.717, 1.165) is 34.8 Å². The van der Waals surface area contributed by atoms with E-state index in [1.807, 2.05) is 19.3 Å². The third-order valence-electron chi connectivity index (χ3n) is 4.56. The highest BCUT2D eigenvalue weighted by Crippen LogP contribution is 2.37. The summed E-state index contributed by atoms with van der Waals surface area (Å²) in [6, 6.07) is 10.00. The van der Waals surface area contributed by atoms with Gasteiger partial charge in [0.2, 0.25) is 0 Å². The third kappa shape index (κ3) is 3.41. The lowest BCUT2D eigenvalue weighted by Gasteiger charge is -2.28. The minimum atomic E-state index is 0.729. The number of aryl methyl sites for hydroxylation is 1. The van der Waals surface area contributed by atoms with Crippen LogP contribution in [0.1, 0.15) is 42.7 Å². The van der Waals surface area contributed by atoms with Gasteiger partial charge in [-0.2, -0.15) is 0 Å². The summed E-state index contributed by atoms with van der Waals surface area (Å²) in [5, 5.41) is 0. The van der Waals surface area contributed by atoms with Crippen LogP contribution in [0.15, 0.2) is 36.7 Å². The first-order chi connectivity index (χ1) is 10.3. The maximum absolute atomic E-state index is 4.40. The molecule has 0 spiro atoms. The summed E-state index contributed by atoms with van der Waals surface area (Å²) in [5.41, 5.74) is 3.67. The van der Waals surface area contributed by atoms with Crippen molar-refractivity contribution in [3.63, 3.8) is 0 Å². The lowest BCUT2D eigenvalue weighted by molar-refractivity contribution is 0.348. The zero-order valence-electron chi connectivity index (χ0n) is 12.5. The highest BCUT2D eigenvalue weighted by atomic mass is 28.1. The quantitative estimate of drug-likeness (QED) is 0.788. The maximum atomic E-state index is 4.40. The van der Waals surface area contributed by atoms with Gasteiger partial charge in [0, 0.05) is 28.2 Å². The van der Waals surface area contributed by atoms with E-state index in [1.54, 1.807) is 0 Å². The molecule has 1 aromatic carbocycles. The third-order valence-corrected chi connectivity index (χ3v) is 5.13. The van der Waals surface area contributed by atoms with E-state index in [1.165, 1.54) is 31.2 Å². The lowest BCUT2D eigenvalue weighted by Crippen LogP contribution is -2.12. The van der Waals surface area contributed by atoms with Crippen LogP contribution in [0.2, 0.25) is 6.04 Å². The summed E-state index contributed by atoms with van der Waals surface area (Å²) >= 11 is 0. The van der Waals surface area contributed by atoms with Crippen molar-refractivity contribution < 1.29 is 0 Å². The van der Waals surface area contributed by atoms with Gasteiger partial charge >= 0.3 is 0 Å². The highest BCUT2D eigenvalue weighted by Gasteiger charge is 2.21. The molecule has 2 nitrogen and oxygen atoms in total. The molecule has 1 fully saturated rings. The summed E-state index contributed by atoms with van der Waals surface area (Å²) < 4.78 is 0. The zero-order chi connectivity index (χ0) is 14.7. The monoisotopic (exact) mass is 293 g/mol. The van der Waals surface area contributed by atoms with Crippen molar-refractivity contribution in [1.82, 2.24) is 9.97 Å².